The number of carbonyl (C=O) groups is 5. The fraction of sp³-hybridized carbons (Fsp3) is 0.378. The van der Waals surface area contributed by atoms with Crippen LogP contribution in [-0.4, -0.2) is 126 Å². The van der Waals surface area contributed by atoms with E-state index < -0.39 is 72.7 Å². The summed E-state index contributed by atoms with van der Waals surface area (Å²) in [6, 6.07) is 6.37. The standard InChI is InChI=1S/C37H46N8O13S2/c1-22-14-25(58-13-5-6-31(47)38-9-10-39-35(50)29(45(4)21-46)20-59(53,54)55)15-23(2)33(22)60(56,57)30(36(51)52)18-42-34(49)27-19-44(3)28-16-24(7-8-26(28)32(27)48)17-43-37-40-11-12-41-37/h7-8,11-12,14-16,19,21,29-30H,5-6,9-10,13,17-18,20H2,1-4H3,(H,38,47)(H,39,50)(H,42,49)(H,51,52)(H2,40,41,43)(H,53,54,55)/t29?,30-/m0/s1. The third-order valence-electron chi connectivity index (χ3n) is 9.17. The molecular weight excluding hydrogens is 829 g/mol. The van der Waals surface area contributed by atoms with Crippen molar-refractivity contribution in [1.82, 2.24) is 35.4 Å². The van der Waals surface area contributed by atoms with E-state index in [0.29, 0.717) is 18.0 Å². The van der Waals surface area contributed by atoms with Gasteiger partial charge in [0.05, 0.1) is 17.0 Å². The molecule has 324 valence electrons. The number of hydrogen-bond donors (Lipinski definition) is 7. The van der Waals surface area contributed by atoms with Crippen molar-refractivity contribution in [3.63, 3.8) is 0 Å². The summed E-state index contributed by atoms with van der Waals surface area (Å²) in [4.78, 5) is 82.1. The van der Waals surface area contributed by atoms with Gasteiger partial charge in [-0.15, -0.1) is 0 Å². The predicted molar refractivity (Wildman–Crippen MR) is 217 cm³/mol. The van der Waals surface area contributed by atoms with Gasteiger partial charge in [0, 0.05) is 70.7 Å². The fourth-order valence-electron chi connectivity index (χ4n) is 6.21. The second-order valence-electron chi connectivity index (χ2n) is 13.7. The molecule has 0 bridgehead atoms. The summed E-state index contributed by atoms with van der Waals surface area (Å²) in [5.74, 6) is -4.12. The molecule has 0 aliphatic carbocycles. The molecule has 0 saturated carbocycles. The van der Waals surface area contributed by atoms with Gasteiger partial charge in [0.1, 0.15) is 23.1 Å². The average molecular weight is 875 g/mol. The molecule has 4 aromatic rings. The van der Waals surface area contributed by atoms with Crippen molar-refractivity contribution < 1.29 is 55.2 Å². The zero-order chi connectivity index (χ0) is 44.4. The van der Waals surface area contributed by atoms with Gasteiger partial charge in [-0.05, 0) is 61.2 Å². The molecular formula is C37H46N8O13S2. The van der Waals surface area contributed by atoms with Gasteiger partial charge in [-0.25, -0.2) is 13.4 Å². The van der Waals surface area contributed by atoms with E-state index >= 15 is 0 Å². The number of fused-ring (bicyclic) bond motifs is 1. The van der Waals surface area contributed by atoms with Gasteiger partial charge >= 0.3 is 5.97 Å². The zero-order valence-electron chi connectivity index (χ0n) is 33.1. The van der Waals surface area contributed by atoms with Crippen molar-refractivity contribution in [3.8, 4) is 5.75 Å². The molecule has 21 nitrogen and oxygen atoms in total. The number of ether oxygens (including phenoxy) is 1. The number of hydrogen-bond acceptors (Lipinski definition) is 13. The van der Waals surface area contributed by atoms with Crippen LogP contribution in [0.2, 0.25) is 0 Å². The number of carbonyl (C=O) groups excluding carboxylic acids is 4. The molecule has 7 N–H and O–H groups in total. The number of likely N-dealkylation sites (N-methyl/N-ethyl adjacent to an activating group) is 1. The third kappa shape index (κ3) is 12.1. The lowest BCUT2D eigenvalue weighted by molar-refractivity contribution is -0.136. The van der Waals surface area contributed by atoms with Gasteiger partial charge in [0.25, 0.3) is 16.0 Å². The van der Waals surface area contributed by atoms with Crippen LogP contribution in [-0.2, 0) is 52.7 Å². The highest BCUT2D eigenvalue weighted by Gasteiger charge is 2.37. The Balaban J connectivity index is 1.31. The quantitative estimate of drug-likeness (QED) is 0.0308. The minimum atomic E-state index is -4.61. The summed E-state index contributed by atoms with van der Waals surface area (Å²) in [6.07, 6.45) is 5.02. The largest absolute Gasteiger partial charge is 0.494 e. The van der Waals surface area contributed by atoms with Gasteiger partial charge < -0.3 is 45.6 Å². The third-order valence-corrected chi connectivity index (χ3v) is 12.2. The monoisotopic (exact) mass is 874 g/mol. The van der Waals surface area contributed by atoms with Gasteiger partial charge in [-0.1, -0.05) is 6.07 Å². The zero-order valence-corrected chi connectivity index (χ0v) is 34.7. The van der Waals surface area contributed by atoms with E-state index in [4.69, 9.17) is 9.29 Å². The molecule has 0 spiro atoms. The van der Waals surface area contributed by atoms with E-state index in [2.05, 4.69) is 31.2 Å². The number of sulfone groups is 1. The predicted octanol–water partition coefficient (Wildman–Crippen LogP) is -0.117. The summed E-state index contributed by atoms with van der Waals surface area (Å²) in [6.45, 7) is 2.37. The van der Waals surface area contributed by atoms with Gasteiger partial charge in [-0.2, -0.15) is 8.42 Å². The van der Waals surface area contributed by atoms with Crippen molar-refractivity contribution >= 4 is 66.9 Å². The number of imidazole rings is 1. The average Bonchev–Trinajstić information content (AvgIpc) is 3.70. The number of anilines is 1. The number of nitrogens with zero attached hydrogens (tertiary/aromatic N) is 3. The van der Waals surface area contributed by atoms with Crippen LogP contribution in [0.1, 0.15) is 39.9 Å². The van der Waals surface area contributed by atoms with Crippen molar-refractivity contribution in [3.05, 3.63) is 81.4 Å². The highest BCUT2D eigenvalue weighted by Crippen LogP contribution is 2.29. The first kappa shape index (κ1) is 46.4. The first-order valence-electron chi connectivity index (χ1n) is 18.2. The van der Waals surface area contributed by atoms with Gasteiger partial charge in [0.15, 0.2) is 21.0 Å². The summed E-state index contributed by atoms with van der Waals surface area (Å²) in [7, 11) is -6.37. The minimum absolute atomic E-state index is 0.000723. The Labute approximate surface area is 344 Å². The van der Waals surface area contributed by atoms with Crippen molar-refractivity contribution in [2.45, 2.75) is 49.4 Å². The Morgan fingerprint density at radius 1 is 1.03 bits per heavy atom. The van der Waals surface area contributed by atoms with Crippen LogP contribution >= 0.6 is 0 Å². The van der Waals surface area contributed by atoms with E-state index in [1.165, 1.54) is 39.2 Å². The molecule has 0 fully saturated rings. The molecule has 2 aromatic heterocycles. The first-order chi connectivity index (χ1) is 28.2. The van der Waals surface area contributed by atoms with E-state index in [1.54, 1.807) is 42.2 Å². The number of nitrogens with one attached hydrogen (secondary N) is 5. The number of aryl methyl sites for hydroxylation is 3. The molecule has 2 aromatic carbocycles. The van der Waals surface area contributed by atoms with Crippen molar-refractivity contribution in [2.75, 3.05) is 44.4 Å². The Morgan fingerprint density at radius 3 is 2.33 bits per heavy atom. The van der Waals surface area contributed by atoms with Crippen LogP contribution < -0.4 is 31.4 Å². The summed E-state index contributed by atoms with van der Waals surface area (Å²) in [5, 5.41) is 18.5. The van der Waals surface area contributed by atoms with Crippen molar-refractivity contribution in [1.29, 1.82) is 0 Å². The maximum Gasteiger partial charge on any atom is 0.324 e. The Bertz CT molecular complexity index is 2500. The molecule has 1 unspecified atom stereocenters. The van der Waals surface area contributed by atoms with Gasteiger partial charge in [-0.3, -0.25) is 33.3 Å². The number of amides is 4. The van der Waals surface area contributed by atoms with E-state index in [9.17, 15) is 50.7 Å². The maximum atomic E-state index is 13.8. The second kappa shape index (κ2) is 20.1. The first-order valence-corrected chi connectivity index (χ1v) is 21.4. The lowest BCUT2D eigenvalue weighted by Crippen LogP contribution is -2.49. The summed E-state index contributed by atoms with van der Waals surface area (Å²) < 4.78 is 66.3. The number of benzene rings is 2. The maximum absolute atomic E-state index is 13.8. The molecule has 4 amide bonds. The Kier molecular flexibility index (Phi) is 15.5. The normalized spacial score (nSPS) is 12.6. The molecule has 0 saturated heterocycles. The molecule has 2 heterocycles. The molecule has 0 aliphatic heterocycles. The van der Waals surface area contributed by atoms with Crippen LogP contribution in [0, 0.1) is 13.8 Å². The van der Waals surface area contributed by atoms with E-state index in [-0.39, 0.29) is 71.7 Å². The molecule has 0 radical (unpaired) electrons. The van der Waals surface area contributed by atoms with Crippen LogP contribution in [0.3, 0.4) is 0 Å². The molecule has 4 rings (SSSR count). The summed E-state index contributed by atoms with van der Waals surface area (Å²) >= 11 is 0. The molecule has 60 heavy (non-hydrogen) atoms. The highest BCUT2D eigenvalue weighted by molar-refractivity contribution is 7.93. The minimum Gasteiger partial charge on any atom is -0.494 e. The lowest BCUT2D eigenvalue weighted by Gasteiger charge is -2.22. The fourth-order valence-corrected chi connectivity index (χ4v) is 8.86. The van der Waals surface area contributed by atoms with E-state index in [1.807, 2.05) is 0 Å². The Hall–Kier alpha value is -6.33. The second-order valence-corrected chi connectivity index (χ2v) is 17.3. The molecule has 23 heteroatoms. The molecule has 0 aliphatic rings. The SMILES string of the molecule is Cc1cc(OCCCC(=O)NCCNC(=O)C(CS(=O)(=O)O)N(C)C=O)cc(C)c1S(=O)(=O)[C@@H](CNC(=O)c1cn(C)c2cc(CNc3ncc[nH]3)ccc2c1=O)C(=O)O. The number of aromatic nitrogens is 3. The topological polar surface area (TPSA) is 305 Å². The van der Waals surface area contributed by atoms with Crippen LogP contribution in [0.15, 0.2) is 58.6 Å². The van der Waals surface area contributed by atoms with Crippen LogP contribution in [0.4, 0.5) is 5.95 Å². The number of aromatic amines is 1. The number of rotatable bonds is 22. The number of aliphatic carboxylic acids is 1. The van der Waals surface area contributed by atoms with Gasteiger partial charge in [0.2, 0.25) is 23.7 Å². The van der Waals surface area contributed by atoms with Crippen LogP contribution in [0.5, 0.6) is 5.75 Å². The highest BCUT2D eigenvalue weighted by atomic mass is 32.2. The number of carboxylic acids is 1. The molecule has 2 atom stereocenters. The van der Waals surface area contributed by atoms with Crippen LogP contribution in [0.25, 0.3) is 10.9 Å². The van der Waals surface area contributed by atoms with Crippen molar-refractivity contribution in [2.24, 2.45) is 7.05 Å². The number of carboxylic acid groups (broad SMARTS) is 1. The Morgan fingerprint density at radius 2 is 1.72 bits per heavy atom. The lowest BCUT2D eigenvalue weighted by atomic mass is 10.1. The smallest absolute Gasteiger partial charge is 0.324 e. The summed E-state index contributed by atoms with van der Waals surface area (Å²) in [5.41, 5.74) is 0.763. The number of H-pyrrole nitrogens is 1. The number of pyridine rings is 1. The van der Waals surface area contributed by atoms with E-state index in [0.717, 1.165) is 10.5 Å².